The number of ether oxygens (including phenoxy) is 1. The minimum atomic E-state index is -3.41. The maximum atomic E-state index is 13.5. The standard InChI is InChI=1S/C26H26Cl2F2N4O3/c1-4-5-12-33-24(35)22-23(32(3)25(33)36)31-21(34(22)15-16-6-9-18(27)10-7-16)14-17-8-11-19(28)20(13-17)37-26(2,29)30/h6-11,13H,4-5,12,14-15H2,1-3H3. The molecule has 0 aliphatic heterocycles. The molecular formula is C26H26Cl2F2N4O3. The van der Waals surface area contributed by atoms with E-state index in [0.717, 1.165) is 12.0 Å². The van der Waals surface area contributed by atoms with Crippen molar-refractivity contribution in [3.8, 4) is 5.75 Å². The van der Waals surface area contributed by atoms with E-state index in [9.17, 15) is 18.4 Å². The maximum absolute atomic E-state index is 13.5. The summed E-state index contributed by atoms with van der Waals surface area (Å²) in [5, 5.41) is 0.617. The van der Waals surface area contributed by atoms with Crippen LogP contribution in [0.5, 0.6) is 5.75 Å². The van der Waals surface area contributed by atoms with Crippen LogP contribution in [0.25, 0.3) is 11.2 Å². The molecule has 0 N–H and O–H groups in total. The van der Waals surface area contributed by atoms with Gasteiger partial charge in [0.2, 0.25) is 0 Å². The fraction of sp³-hybridized carbons (Fsp3) is 0.346. The first-order valence-corrected chi connectivity index (χ1v) is 12.5. The minimum Gasteiger partial charge on any atom is -0.431 e. The molecular weight excluding hydrogens is 525 g/mol. The van der Waals surface area contributed by atoms with Crippen LogP contribution < -0.4 is 16.0 Å². The number of fused-ring (bicyclic) bond motifs is 1. The minimum absolute atomic E-state index is 0.0427. The number of aromatic nitrogens is 4. The van der Waals surface area contributed by atoms with Gasteiger partial charge in [-0.05, 0) is 41.8 Å². The summed E-state index contributed by atoms with van der Waals surface area (Å²) in [6.45, 7) is 3.19. The number of nitrogens with zero attached hydrogens (tertiary/aromatic N) is 4. The Labute approximate surface area is 221 Å². The van der Waals surface area contributed by atoms with Crippen LogP contribution in [0.1, 0.15) is 43.6 Å². The summed E-state index contributed by atoms with van der Waals surface area (Å²) in [6, 6.07) is 11.7. The van der Waals surface area contributed by atoms with Gasteiger partial charge in [-0.3, -0.25) is 13.9 Å². The van der Waals surface area contributed by atoms with Gasteiger partial charge in [-0.2, -0.15) is 8.78 Å². The lowest BCUT2D eigenvalue weighted by atomic mass is 10.1. The molecule has 0 fully saturated rings. The lowest BCUT2D eigenvalue weighted by molar-refractivity contribution is -0.158. The number of benzene rings is 2. The number of halogens is 4. The molecule has 11 heteroatoms. The van der Waals surface area contributed by atoms with E-state index in [1.165, 1.54) is 21.3 Å². The second kappa shape index (κ2) is 10.7. The maximum Gasteiger partial charge on any atom is 0.394 e. The Morgan fingerprint density at radius 1 is 1.03 bits per heavy atom. The zero-order chi connectivity index (χ0) is 26.9. The normalized spacial score (nSPS) is 11.9. The molecule has 2 aromatic carbocycles. The van der Waals surface area contributed by atoms with Crippen LogP contribution in [-0.4, -0.2) is 24.8 Å². The summed E-state index contributed by atoms with van der Waals surface area (Å²) in [7, 11) is 1.58. The van der Waals surface area contributed by atoms with Gasteiger partial charge in [0.25, 0.3) is 5.56 Å². The van der Waals surface area contributed by atoms with Gasteiger partial charge in [-0.25, -0.2) is 9.78 Å². The van der Waals surface area contributed by atoms with E-state index in [4.69, 9.17) is 27.9 Å². The number of hydrogen-bond donors (Lipinski definition) is 0. The number of imidazole rings is 1. The van der Waals surface area contributed by atoms with Gasteiger partial charge in [0.1, 0.15) is 11.6 Å². The average Bonchev–Trinajstić information content (AvgIpc) is 3.18. The Kier molecular flexibility index (Phi) is 7.75. The number of hydrogen-bond acceptors (Lipinski definition) is 4. The molecule has 0 aliphatic carbocycles. The van der Waals surface area contributed by atoms with Crippen LogP contribution >= 0.6 is 23.2 Å². The zero-order valence-corrected chi connectivity index (χ0v) is 22.1. The molecule has 37 heavy (non-hydrogen) atoms. The first-order chi connectivity index (χ1) is 17.5. The lowest BCUT2D eigenvalue weighted by Gasteiger charge is -2.15. The first-order valence-electron chi connectivity index (χ1n) is 11.8. The molecule has 0 aliphatic rings. The van der Waals surface area contributed by atoms with Crippen molar-refractivity contribution < 1.29 is 13.5 Å². The van der Waals surface area contributed by atoms with Crippen LogP contribution in [0.2, 0.25) is 10.0 Å². The van der Waals surface area contributed by atoms with Crippen molar-refractivity contribution in [1.82, 2.24) is 18.7 Å². The summed E-state index contributed by atoms with van der Waals surface area (Å²) in [5.74, 6) is 0.308. The average molecular weight is 551 g/mol. The summed E-state index contributed by atoms with van der Waals surface area (Å²) < 4.78 is 36.1. The molecule has 196 valence electrons. The lowest BCUT2D eigenvalue weighted by Crippen LogP contribution is -2.39. The quantitative estimate of drug-likeness (QED) is 0.270. The van der Waals surface area contributed by atoms with Crippen molar-refractivity contribution in [3.63, 3.8) is 0 Å². The summed E-state index contributed by atoms with van der Waals surface area (Å²) in [5.41, 5.74) is 1.12. The van der Waals surface area contributed by atoms with E-state index < -0.39 is 17.4 Å². The van der Waals surface area contributed by atoms with Crippen molar-refractivity contribution in [3.05, 3.63) is 90.3 Å². The Balaban J connectivity index is 1.88. The number of aryl methyl sites for hydroxylation is 1. The summed E-state index contributed by atoms with van der Waals surface area (Å²) >= 11 is 12.1. The Bertz CT molecular complexity index is 1550. The van der Waals surface area contributed by atoms with E-state index in [-0.39, 0.29) is 34.9 Å². The van der Waals surface area contributed by atoms with E-state index in [2.05, 4.69) is 4.98 Å². The third-order valence-corrected chi connectivity index (χ3v) is 6.51. The van der Waals surface area contributed by atoms with E-state index in [1.54, 1.807) is 29.8 Å². The van der Waals surface area contributed by atoms with Crippen LogP contribution in [0, 0.1) is 0 Å². The number of unbranched alkanes of at least 4 members (excludes halogenated alkanes) is 1. The number of alkyl halides is 2. The van der Waals surface area contributed by atoms with Crippen LogP contribution in [0.15, 0.2) is 52.1 Å². The molecule has 0 bridgehead atoms. The molecule has 4 rings (SSSR count). The molecule has 2 aromatic heterocycles. The topological polar surface area (TPSA) is 71.1 Å². The smallest absolute Gasteiger partial charge is 0.394 e. The van der Waals surface area contributed by atoms with Gasteiger partial charge >= 0.3 is 11.8 Å². The van der Waals surface area contributed by atoms with Crippen molar-refractivity contribution in [2.24, 2.45) is 7.05 Å². The third kappa shape index (κ3) is 5.88. The highest BCUT2D eigenvalue weighted by atomic mass is 35.5. The monoisotopic (exact) mass is 550 g/mol. The van der Waals surface area contributed by atoms with Gasteiger partial charge in [0.15, 0.2) is 11.2 Å². The molecule has 0 saturated heterocycles. The highest BCUT2D eigenvalue weighted by Gasteiger charge is 2.25. The van der Waals surface area contributed by atoms with Gasteiger partial charge in [0.05, 0.1) is 5.02 Å². The molecule has 0 amide bonds. The van der Waals surface area contributed by atoms with Crippen LogP contribution in [0.4, 0.5) is 8.78 Å². The largest absolute Gasteiger partial charge is 0.431 e. The first kappa shape index (κ1) is 26.9. The fourth-order valence-electron chi connectivity index (χ4n) is 4.12. The van der Waals surface area contributed by atoms with Gasteiger partial charge in [-0.15, -0.1) is 0 Å². The second-order valence-corrected chi connectivity index (χ2v) is 9.76. The summed E-state index contributed by atoms with van der Waals surface area (Å²) in [6.07, 6.45) is -1.74. The van der Waals surface area contributed by atoms with E-state index in [0.29, 0.717) is 36.3 Å². The fourth-order valence-corrected chi connectivity index (χ4v) is 4.40. The zero-order valence-electron chi connectivity index (χ0n) is 20.6. The van der Waals surface area contributed by atoms with Crippen molar-refractivity contribution >= 4 is 34.4 Å². The predicted octanol–water partition coefficient (Wildman–Crippen LogP) is 5.63. The van der Waals surface area contributed by atoms with E-state index in [1.807, 2.05) is 19.1 Å². The Morgan fingerprint density at radius 3 is 2.35 bits per heavy atom. The highest BCUT2D eigenvalue weighted by Crippen LogP contribution is 2.31. The number of rotatable bonds is 9. The molecule has 4 aromatic rings. The van der Waals surface area contributed by atoms with Crippen molar-refractivity contribution in [1.29, 1.82) is 0 Å². The second-order valence-electron chi connectivity index (χ2n) is 8.92. The summed E-state index contributed by atoms with van der Waals surface area (Å²) in [4.78, 5) is 31.2. The molecule has 7 nitrogen and oxygen atoms in total. The molecule has 0 saturated carbocycles. The van der Waals surface area contributed by atoms with Gasteiger partial charge in [-0.1, -0.05) is 54.7 Å². The third-order valence-electron chi connectivity index (χ3n) is 5.95. The van der Waals surface area contributed by atoms with Crippen LogP contribution in [-0.2, 0) is 26.6 Å². The molecule has 2 heterocycles. The Hall–Kier alpha value is -3.17. The van der Waals surface area contributed by atoms with Crippen molar-refractivity contribution in [2.75, 3.05) is 0 Å². The van der Waals surface area contributed by atoms with Gasteiger partial charge in [0, 0.05) is 38.5 Å². The SMILES string of the molecule is CCCCn1c(=O)c2c(nc(Cc3ccc(Cl)c(OC(C)(F)F)c3)n2Cc2ccc(Cl)cc2)n(C)c1=O. The van der Waals surface area contributed by atoms with E-state index >= 15 is 0 Å². The highest BCUT2D eigenvalue weighted by molar-refractivity contribution is 6.32. The van der Waals surface area contributed by atoms with Gasteiger partial charge < -0.3 is 9.30 Å². The van der Waals surface area contributed by atoms with Crippen molar-refractivity contribution in [2.45, 2.75) is 52.3 Å². The van der Waals surface area contributed by atoms with Crippen LogP contribution in [0.3, 0.4) is 0 Å². The molecule has 0 radical (unpaired) electrons. The molecule has 0 spiro atoms. The molecule has 0 unspecified atom stereocenters. The predicted molar refractivity (Wildman–Crippen MR) is 140 cm³/mol. The Morgan fingerprint density at radius 2 is 1.70 bits per heavy atom. The molecule has 0 atom stereocenters.